The molecule has 0 N–H and O–H groups in total. The Bertz CT molecular complexity index is 1690. The van der Waals surface area contributed by atoms with Crippen LogP contribution in [0, 0.1) is 18.3 Å². The summed E-state index contributed by atoms with van der Waals surface area (Å²) >= 11 is 0. The molecule has 1 amide bonds. The maximum atomic E-state index is 13.0. The Balaban J connectivity index is 1.25. The van der Waals surface area contributed by atoms with Crippen molar-refractivity contribution in [1.82, 2.24) is 33.8 Å². The molecular weight excluding hydrogens is 478 g/mol. The molecule has 0 spiro atoms. The van der Waals surface area contributed by atoms with Crippen molar-refractivity contribution in [2.24, 2.45) is 14.1 Å². The zero-order valence-electron chi connectivity index (χ0n) is 21.5. The van der Waals surface area contributed by atoms with Gasteiger partial charge in [0.25, 0.3) is 5.91 Å². The molecule has 0 atom stereocenters. The summed E-state index contributed by atoms with van der Waals surface area (Å²) in [6, 6.07) is 8.35. The van der Waals surface area contributed by atoms with Gasteiger partial charge in [0.15, 0.2) is 0 Å². The fourth-order valence-corrected chi connectivity index (χ4v) is 5.13. The molecular formula is C28H27N9O. The Morgan fingerprint density at radius 1 is 0.921 bits per heavy atom. The summed E-state index contributed by atoms with van der Waals surface area (Å²) in [5.41, 5.74) is 6.72. The Morgan fingerprint density at radius 2 is 1.74 bits per heavy atom. The molecule has 0 aliphatic carbocycles. The third-order valence-electron chi connectivity index (χ3n) is 7.11. The maximum absolute atomic E-state index is 13.0. The lowest BCUT2D eigenvalue weighted by Gasteiger charge is -2.35. The second-order valence-corrected chi connectivity index (χ2v) is 9.71. The topological polar surface area (TPSA) is 100 Å². The predicted octanol–water partition coefficient (Wildman–Crippen LogP) is 3.28. The van der Waals surface area contributed by atoms with Gasteiger partial charge in [-0.05, 0) is 30.7 Å². The van der Waals surface area contributed by atoms with Crippen LogP contribution in [0.3, 0.4) is 0 Å². The molecule has 0 unspecified atom stereocenters. The number of hydrogen-bond acceptors (Lipinski definition) is 6. The number of fused-ring (bicyclic) bond motifs is 1. The smallest absolute Gasteiger partial charge is 0.255 e. The van der Waals surface area contributed by atoms with Crippen LogP contribution in [0.1, 0.15) is 21.5 Å². The van der Waals surface area contributed by atoms with Gasteiger partial charge in [0.1, 0.15) is 11.9 Å². The van der Waals surface area contributed by atoms with Gasteiger partial charge in [-0.2, -0.15) is 15.5 Å². The molecule has 0 bridgehead atoms. The van der Waals surface area contributed by atoms with E-state index in [1.165, 1.54) is 0 Å². The average Bonchev–Trinajstić information content (AvgIpc) is 3.65. The standard InChI is InChI=1S/C28H27N9O/c1-19-15-33(2)18-25(19)28(38)36-8-6-35(7-9-36)26-5-4-20(12-30-26)24-10-21(23-14-31-34(3)16-23)17-37-27(24)22(11-29)13-32-37/h4-5,10,12-18H,6-9H2,1-3H3. The van der Waals surface area contributed by atoms with E-state index in [1.54, 1.807) is 15.4 Å². The molecule has 0 radical (unpaired) electrons. The molecule has 1 aliphatic heterocycles. The second-order valence-electron chi connectivity index (χ2n) is 9.71. The Kier molecular flexibility index (Phi) is 5.68. The van der Waals surface area contributed by atoms with Crippen LogP contribution in [0.4, 0.5) is 5.82 Å². The first-order chi connectivity index (χ1) is 18.4. The summed E-state index contributed by atoms with van der Waals surface area (Å²) < 4.78 is 5.43. The van der Waals surface area contributed by atoms with E-state index in [2.05, 4.69) is 27.2 Å². The predicted molar refractivity (Wildman–Crippen MR) is 144 cm³/mol. The monoisotopic (exact) mass is 505 g/mol. The van der Waals surface area contributed by atoms with Crippen LogP contribution in [0.5, 0.6) is 0 Å². The molecule has 0 saturated carbocycles. The summed E-state index contributed by atoms with van der Waals surface area (Å²) in [4.78, 5) is 21.9. The molecule has 0 aromatic carbocycles. The lowest BCUT2D eigenvalue weighted by Crippen LogP contribution is -2.49. The average molecular weight is 506 g/mol. The molecule has 10 nitrogen and oxygen atoms in total. The number of nitriles is 1. The number of hydrogen-bond donors (Lipinski definition) is 0. The number of rotatable bonds is 4. The molecule has 5 aromatic heterocycles. The van der Waals surface area contributed by atoms with E-state index in [0.717, 1.165) is 44.7 Å². The molecule has 10 heteroatoms. The van der Waals surface area contributed by atoms with Crippen molar-refractivity contribution in [2.75, 3.05) is 31.1 Å². The molecule has 190 valence electrons. The largest absolute Gasteiger partial charge is 0.356 e. The third kappa shape index (κ3) is 4.08. The SMILES string of the molecule is Cc1cn(C)cc1C(=O)N1CCN(c2ccc(-c3cc(-c4cnn(C)c4)cn4ncc(C#N)c34)cn2)CC1. The van der Waals surface area contributed by atoms with E-state index in [9.17, 15) is 10.1 Å². The van der Waals surface area contributed by atoms with Crippen molar-refractivity contribution in [3.63, 3.8) is 0 Å². The number of anilines is 1. The highest BCUT2D eigenvalue weighted by Gasteiger charge is 2.24. The van der Waals surface area contributed by atoms with E-state index in [4.69, 9.17) is 4.98 Å². The van der Waals surface area contributed by atoms with Crippen molar-refractivity contribution >= 4 is 17.2 Å². The zero-order chi connectivity index (χ0) is 26.4. The van der Waals surface area contributed by atoms with Gasteiger partial charge >= 0.3 is 0 Å². The summed E-state index contributed by atoms with van der Waals surface area (Å²) in [7, 11) is 3.82. The Hall–Kier alpha value is -4.91. The van der Waals surface area contributed by atoms with Crippen LogP contribution in [-0.2, 0) is 14.1 Å². The molecule has 5 aromatic rings. The van der Waals surface area contributed by atoms with E-state index >= 15 is 0 Å². The van der Waals surface area contributed by atoms with Crippen molar-refractivity contribution in [3.8, 4) is 28.3 Å². The number of pyridine rings is 2. The lowest BCUT2D eigenvalue weighted by atomic mass is 10.0. The van der Waals surface area contributed by atoms with Gasteiger partial charge in [-0.1, -0.05) is 0 Å². The van der Waals surface area contributed by atoms with E-state index in [-0.39, 0.29) is 5.91 Å². The summed E-state index contributed by atoms with van der Waals surface area (Å²) in [6.07, 6.45) is 13.0. The van der Waals surface area contributed by atoms with Gasteiger partial charge in [0.2, 0.25) is 0 Å². The molecule has 1 saturated heterocycles. The Morgan fingerprint density at radius 3 is 2.37 bits per heavy atom. The van der Waals surface area contributed by atoms with Crippen LogP contribution in [0.15, 0.2) is 61.6 Å². The normalized spacial score (nSPS) is 13.7. The van der Waals surface area contributed by atoms with Crippen LogP contribution >= 0.6 is 0 Å². The quantitative estimate of drug-likeness (QED) is 0.372. The number of carbonyl (C=O) groups is 1. The number of piperazine rings is 1. The maximum Gasteiger partial charge on any atom is 0.255 e. The van der Waals surface area contributed by atoms with Crippen LogP contribution in [-0.4, -0.2) is 65.9 Å². The lowest BCUT2D eigenvalue weighted by molar-refractivity contribution is 0.0746. The molecule has 1 aliphatic rings. The van der Waals surface area contributed by atoms with Crippen molar-refractivity contribution in [2.45, 2.75) is 6.92 Å². The minimum atomic E-state index is 0.0812. The first kappa shape index (κ1) is 23.5. The number of nitrogens with zero attached hydrogens (tertiary/aromatic N) is 9. The van der Waals surface area contributed by atoms with Crippen LogP contribution < -0.4 is 4.90 Å². The second kappa shape index (κ2) is 9.19. The summed E-state index contributed by atoms with van der Waals surface area (Å²) in [5.74, 6) is 0.947. The number of aromatic nitrogens is 6. The molecule has 6 heterocycles. The van der Waals surface area contributed by atoms with Crippen LogP contribution in [0.2, 0.25) is 0 Å². The van der Waals surface area contributed by atoms with E-state index in [1.807, 2.05) is 79.8 Å². The highest BCUT2D eigenvalue weighted by atomic mass is 16.2. The van der Waals surface area contributed by atoms with Crippen LogP contribution in [0.25, 0.3) is 27.8 Å². The van der Waals surface area contributed by atoms with Gasteiger partial charge in [-0.3, -0.25) is 9.48 Å². The fraction of sp³-hybridized carbons (Fsp3) is 0.250. The van der Waals surface area contributed by atoms with Gasteiger partial charge in [-0.25, -0.2) is 9.50 Å². The first-order valence-corrected chi connectivity index (χ1v) is 12.4. The number of amides is 1. The summed E-state index contributed by atoms with van der Waals surface area (Å²) in [5, 5.41) is 18.4. The van der Waals surface area contributed by atoms with Gasteiger partial charge < -0.3 is 14.4 Å². The van der Waals surface area contributed by atoms with E-state index in [0.29, 0.717) is 31.7 Å². The molecule has 38 heavy (non-hydrogen) atoms. The minimum Gasteiger partial charge on any atom is -0.356 e. The van der Waals surface area contributed by atoms with Crippen molar-refractivity contribution in [3.05, 3.63) is 78.3 Å². The molecule has 6 rings (SSSR count). The van der Waals surface area contributed by atoms with Crippen molar-refractivity contribution in [1.29, 1.82) is 5.26 Å². The van der Waals surface area contributed by atoms with Gasteiger partial charge in [0.05, 0.1) is 29.0 Å². The highest BCUT2D eigenvalue weighted by Crippen LogP contribution is 2.32. The minimum absolute atomic E-state index is 0.0812. The first-order valence-electron chi connectivity index (χ1n) is 12.4. The number of aryl methyl sites for hydroxylation is 3. The van der Waals surface area contributed by atoms with Gasteiger partial charge in [-0.15, -0.1) is 0 Å². The fourth-order valence-electron chi connectivity index (χ4n) is 5.13. The Labute approximate surface area is 220 Å². The van der Waals surface area contributed by atoms with Gasteiger partial charge in [0, 0.05) is 93.5 Å². The highest BCUT2D eigenvalue weighted by molar-refractivity contribution is 5.95. The van der Waals surface area contributed by atoms with Crippen molar-refractivity contribution < 1.29 is 4.79 Å². The van der Waals surface area contributed by atoms with E-state index < -0.39 is 0 Å². The zero-order valence-corrected chi connectivity index (χ0v) is 21.5. The number of carbonyl (C=O) groups excluding carboxylic acids is 1. The third-order valence-corrected chi connectivity index (χ3v) is 7.11. The molecule has 1 fully saturated rings. The summed E-state index contributed by atoms with van der Waals surface area (Å²) in [6.45, 7) is 4.69.